The molecule has 1 aliphatic rings. The van der Waals surface area contributed by atoms with Crippen molar-refractivity contribution in [3.8, 4) is 0 Å². The van der Waals surface area contributed by atoms with Crippen LogP contribution in [0.1, 0.15) is 43.5 Å². The summed E-state index contributed by atoms with van der Waals surface area (Å²) in [6, 6.07) is 3.31. The van der Waals surface area contributed by atoms with Gasteiger partial charge >= 0.3 is 0 Å². The van der Waals surface area contributed by atoms with Crippen LogP contribution in [0.2, 0.25) is 0 Å². The van der Waals surface area contributed by atoms with Crippen molar-refractivity contribution in [3.63, 3.8) is 0 Å². The van der Waals surface area contributed by atoms with E-state index in [0.717, 1.165) is 31.4 Å². The molecular weight excluding hydrogens is 236 g/mol. The van der Waals surface area contributed by atoms with Gasteiger partial charge < -0.3 is 4.90 Å². The Hall–Kier alpha value is -1.45. The second-order valence-electron chi connectivity index (χ2n) is 4.97. The summed E-state index contributed by atoms with van der Waals surface area (Å²) in [6.07, 6.45) is 2.94. The molecule has 2 atom stereocenters. The van der Waals surface area contributed by atoms with E-state index in [2.05, 4.69) is 0 Å². The molecule has 1 aromatic rings. The molecule has 0 bridgehead atoms. The van der Waals surface area contributed by atoms with Crippen LogP contribution in [0.4, 0.5) is 8.78 Å². The van der Waals surface area contributed by atoms with Gasteiger partial charge in [-0.25, -0.2) is 8.78 Å². The van der Waals surface area contributed by atoms with Crippen LogP contribution in [0.15, 0.2) is 18.2 Å². The maximum atomic E-state index is 13.6. The Morgan fingerprint density at radius 2 is 1.83 bits per heavy atom. The molecule has 98 valence electrons. The molecule has 4 heteroatoms. The van der Waals surface area contributed by atoms with E-state index in [1.54, 1.807) is 4.90 Å². The van der Waals surface area contributed by atoms with Crippen LogP contribution in [-0.4, -0.2) is 22.9 Å². The summed E-state index contributed by atoms with van der Waals surface area (Å²) in [4.78, 5) is 14.0. The van der Waals surface area contributed by atoms with E-state index in [1.165, 1.54) is 6.07 Å². The van der Waals surface area contributed by atoms with E-state index in [4.69, 9.17) is 0 Å². The Labute approximate surface area is 106 Å². The standard InChI is InChI=1S/C14H17F2NO/c1-9-4-3-5-10(2)17(9)14(18)12-7-6-11(15)8-13(12)16/h6-10H,3-5H2,1-2H3. The Bertz CT molecular complexity index is 451. The Morgan fingerprint density at radius 3 is 2.39 bits per heavy atom. The number of carbonyl (C=O) groups excluding carboxylic acids is 1. The van der Waals surface area contributed by atoms with Gasteiger partial charge in [-0.15, -0.1) is 0 Å². The van der Waals surface area contributed by atoms with E-state index in [9.17, 15) is 13.6 Å². The molecular formula is C14H17F2NO. The summed E-state index contributed by atoms with van der Waals surface area (Å²) in [5.41, 5.74) is -0.0444. The molecule has 1 aromatic carbocycles. The van der Waals surface area contributed by atoms with Crippen molar-refractivity contribution in [1.82, 2.24) is 4.90 Å². The first-order valence-corrected chi connectivity index (χ1v) is 6.28. The van der Waals surface area contributed by atoms with Crippen molar-refractivity contribution in [2.24, 2.45) is 0 Å². The van der Waals surface area contributed by atoms with Crippen molar-refractivity contribution in [2.75, 3.05) is 0 Å². The molecule has 0 aromatic heterocycles. The summed E-state index contributed by atoms with van der Waals surface area (Å²) in [5, 5.41) is 0. The monoisotopic (exact) mass is 253 g/mol. The number of likely N-dealkylation sites (tertiary alicyclic amines) is 1. The summed E-state index contributed by atoms with van der Waals surface area (Å²) in [5.74, 6) is -1.79. The van der Waals surface area contributed by atoms with Crippen LogP contribution in [0.25, 0.3) is 0 Å². The molecule has 0 N–H and O–H groups in total. The highest BCUT2D eigenvalue weighted by Crippen LogP contribution is 2.25. The molecule has 0 radical (unpaired) electrons. The molecule has 2 nitrogen and oxygen atoms in total. The lowest BCUT2D eigenvalue weighted by molar-refractivity contribution is 0.0506. The Kier molecular flexibility index (Phi) is 3.64. The van der Waals surface area contributed by atoms with Gasteiger partial charge in [-0.2, -0.15) is 0 Å². The van der Waals surface area contributed by atoms with Crippen molar-refractivity contribution >= 4 is 5.91 Å². The van der Waals surface area contributed by atoms with Crippen LogP contribution in [0.3, 0.4) is 0 Å². The minimum absolute atomic E-state index is 0.0444. The smallest absolute Gasteiger partial charge is 0.257 e. The van der Waals surface area contributed by atoms with Gasteiger partial charge in [-0.05, 0) is 45.2 Å². The summed E-state index contributed by atoms with van der Waals surface area (Å²) < 4.78 is 26.5. The van der Waals surface area contributed by atoms with Crippen molar-refractivity contribution < 1.29 is 13.6 Å². The minimum Gasteiger partial charge on any atom is -0.333 e. The van der Waals surface area contributed by atoms with Gasteiger partial charge in [0, 0.05) is 18.2 Å². The lowest BCUT2D eigenvalue weighted by Gasteiger charge is -2.39. The van der Waals surface area contributed by atoms with Gasteiger partial charge in [0.25, 0.3) is 5.91 Å². The van der Waals surface area contributed by atoms with E-state index >= 15 is 0 Å². The predicted molar refractivity (Wildman–Crippen MR) is 65.3 cm³/mol. The van der Waals surface area contributed by atoms with Gasteiger partial charge in [-0.3, -0.25) is 4.79 Å². The molecule has 1 amide bonds. The van der Waals surface area contributed by atoms with Gasteiger partial charge in [0.05, 0.1) is 5.56 Å². The normalized spacial score (nSPS) is 24.1. The topological polar surface area (TPSA) is 20.3 Å². The third-order valence-electron chi connectivity index (χ3n) is 3.59. The largest absolute Gasteiger partial charge is 0.333 e. The molecule has 0 spiro atoms. The van der Waals surface area contributed by atoms with Crippen molar-refractivity contribution in [3.05, 3.63) is 35.4 Å². The summed E-state index contributed by atoms with van der Waals surface area (Å²) in [7, 11) is 0. The molecule has 2 rings (SSSR count). The van der Waals surface area contributed by atoms with Crippen LogP contribution in [0, 0.1) is 11.6 Å². The van der Waals surface area contributed by atoms with E-state index in [1.807, 2.05) is 13.8 Å². The molecule has 2 unspecified atom stereocenters. The first-order chi connectivity index (χ1) is 8.50. The van der Waals surface area contributed by atoms with E-state index < -0.39 is 11.6 Å². The number of halogens is 2. The zero-order valence-electron chi connectivity index (χ0n) is 10.6. The van der Waals surface area contributed by atoms with Gasteiger partial charge in [0.15, 0.2) is 0 Å². The van der Waals surface area contributed by atoms with Crippen LogP contribution in [-0.2, 0) is 0 Å². The third-order valence-corrected chi connectivity index (χ3v) is 3.59. The average Bonchev–Trinajstić information content (AvgIpc) is 2.28. The lowest BCUT2D eigenvalue weighted by Crippen LogP contribution is -2.47. The van der Waals surface area contributed by atoms with Crippen LogP contribution < -0.4 is 0 Å². The van der Waals surface area contributed by atoms with Crippen molar-refractivity contribution in [1.29, 1.82) is 0 Å². The zero-order chi connectivity index (χ0) is 13.3. The number of hydrogen-bond donors (Lipinski definition) is 0. The molecule has 0 saturated carbocycles. The van der Waals surface area contributed by atoms with Crippen molar-refractivity contribution in [2.45, 2.75) is 45.2 Å². The number of carbonyl (C=O) groups is 1. The second-order valence-corrected chi connectivity index (χ2v) is 4.97. The number of hydrogen-bond acceptors (Lipinski definition) is 1. The number of amides is 1. The number of piperidine rings is 1. The second kappa shape index (κ2) is 5.04. The fraction of sp³-hybridized carbons (Fsp3) is 0.500. The zero-order valence-corrected chi connectivity index (χ0v) is 10.6. The van der Waals surface area contributed by atoms with Crippen LogP contribution in [0.5, 0.6) is 0 Å². The molecule has 1 fully saturated rings. The minimum atomic E-state index is -0.787. The fourth-order valence-electron chi connectivity index (χ4n) is 2.62. The van der Waals surface area contributed by atoms with E-state index in [-0.39, 0.29) is 23.6 Å². The number of benzene rings is 1. The average molecular weight is 253 g/mol. The SMILES string of the molecule is CC1CCCC(C)N1C(=O)c1ccc(F)cc1F. The van der Waals surface area contributed by atoms with Crippen LogP contribution >= 0.6 is 0 Å². The highest BCUT2D eigenvalue weighted by atomic mass is 19.1. The highest BCUT2D eigenvalue weighted by molar-refractivity contribution is 5.95. The molecule has 0 aliphatic carbocycles. The first-order valence-electron chi connectivity index (χ1n) is 6.28. The third kappa shape index (κ3) is 2.37. The Balaban J connectivity index is 2.29. The number of nitrogens with zero attached hydrogens (tertiary/aromatic N) is 1. The number of rotatable bonds is 1. The Morgan fingerprint density at radius 1 is 1.22 bits per heavy atom. The predicted octanol–water partition coefficient (Wildman–Crippen LogP) is 3.37. The molecule has 1 heterocycles. The highest BCUT2D eigenvalue weighted by Gasteiger charge is 2.30. The fourth-order valence-corrected chi connectivity index (χ4v) is 2.62. The maximum absolute atomic E-state index is 13.6. The lowest BCUT2D eigenvalue weighted by atomic mass is 9.96. The molecule has 1 saturated heterocycles. The van der Waals surface area contributed by atoms with Gasteiger partial charge in [0.2, 0.25) is 0 Å². The quantitative estimate of drug-likeness (QED) is 0.751. The van der Waals surface area contributed by atoms with E-state index in [0.29, 0.717) is 0 Å². The van der Waals surface area contributed by atoms with Gasteiger partial charge in [-0.1, -0.05) is 0 Å². The maximum Gasteiger partial charge on any atom is 0.257 e. The van der Waals surface area contributed by atoms with Gasteiger partial charge in [0.1, 0.15) is 11.6 Å². The molecule has 1 aliphatic heterocycles. The summed E-state index contributed by atoms with van der Waals surface area (Å²) in [6.45, 7) is 3.93. The first kappa shape index (κ1) is 13.0. The molecule has 18 heavy (non-hydrogen) atoms. The summed E-state index contributed by atoms with van der Waals surface area (Å²) >= 11 is 0.